The third kappa shape index (κ3) is 4.95. The second-order valence-electron chi connectivity index (χ2n) is 5.57. The highest BCUT2D eigenvalue weighted by Gasteiger charge is 2.35. The van der Waals surface area contributed by atoms with Crippen molar-refractivity contribution in [1.82, 2.24) is 0 Å². The van der Waals surface area contributed by atoms with Crippen LogP contribution >= 0.6 is 0 Å². The van der Waals surface area contributed by atoms with Crippen LogP contribution in [0.1, 0.15) is 18.4 Å². The molecule has 0 aliphatic carbocycles. The molecule has 4 atom stereocenters. The minimum Gasteiger partial charge on any atom is -0.497 e. The van der Waals surface area contributed by atoms with E-state index in [2.05, 4.69) is 5.92 Å². The first-order valence-corrected chi connectivity index (χ1v) is 7.71. The molecule has 0 saturated carbocycles. The lowest BCUT2D eigenvalue weighted by Crippen LogP contribution is -2.43. The largest absolute Gasteiger partial charge is 0.497 e. The Balaban J connectivity index is 1.79. The molecule has 1 aromatic rings. The minimum absolute atomic E-state index is 0.138. The lowest BCUT2D eigenvalue weighted by atomic mass is 9.92. The highest BCUT2D eigenvalue weighted by Crippen LogP contribution is 2.28. The molecular weight excluding hydrogens is 296 g/mol. The quantitative estimate of drug-likeness (QED) is 0.779. The van der Waals surface area contributed by atoms with Crippen LogP contribution < -0.4 is 4.74 Å². The van der Waals surface area contributed by atoms with Crippen LogP contribution in [0.4, 0.5) is 0 Å². The number of rotatable bonds is 7. The van der Waals surface area contributed by atoms with E-state index in [1.807, 2.05) is 24.3 Å². The van der Waals surface area contributed by atoms with Crippen molar-refractivity contribution in [2.24, 2.45) is 5.92 Å². The molecule has 0 spiro atoms. The summed E-state index contributed by atoms with van der Waals surface area (Å²) in [6, 6.07) is 7.63. The smallest absolute Gasteiger partial charge is 0.164 e. The molecule has 1 aromatic carbocycles. The van der Waals surface area contributed by atoms with Crippen LogP contribution in [0.2, 0.25) is 0 Å². The van der Waals surface area contributed by atoms with Crippen LogP contribution in [0.25, 0.3) is 0 Å². The van der Waals surface area contributed by atoms with E-state index < -0.39 is 12.4 Å². The van der Waals surface area contributed by atoms with Gasteiger partial charge in [-0.15, -0.1) is 6.42 Å². The number of ether oxygens (including phenoxy) is 4. The van der Waals surface area contributed by atoms with Gasteiger partial charge < -0.3 is 24.1 Å². The van der Waals surface area contributed by atoms with Crippen LogP contribution in [-0.2, 0) is 20.8 Å². The fourth-order valence-electron chi connectivity index (χ4n) is 2.68. The molecule has 0 bridgehead atoms. The van der Waals surface area contributed by atoms with Crippen molar-refractivity contribution in [2.45, 2.75) is 37.9 Å². The zero-order valence-electron chi connectivity index (χ0n) is 13.6. The standard InChI is InChI=1S/C18H24O5/c1-4-14-9-10-16(18(21-3)23-14)17(19)12-22-11-13-5-7-15(20-2)8-6-13/h1,5-8,14,16-19H,9-12H2,2-3H3/t14-,16-,17-,18+/m1/s1. The molecule has 126 valence electrons. The van der Waals surface area contributed by atoms with E-state index in [1.165, 1.54) is 0 Å². The van der Waals surface area contributed by atoms with E-state index in [9.17, 15) is 5.11 Å². The normalized spacial score (nSPS) is 25.6. The number of benzene rings is 1. The Hall–Kier alpha value is -1.58. The maximum atomic E-state index is 10.3. The second kappa shape index (κ2) is 8.90. The molecule has 0 aromatic heterocycles. The Morgan fingerprint density at radius 1 is 1.30 bits per heavy atom. The van der Waals surface area contributed by atoms with Gasteiger partial charge >= 0.3 is 0 Å². The first kappa shape index (κ1) is 17.8. The van der Waals surface area contributed by atoms with E-state index in [0.29, 0.717) is 6.61 Å². The lowest BCUT2D eigenvalue weighted by Gasteiger charge is -2.36. The molecule has 1 aliphatic heterocycles. The lowest BCUT2D eigenvalue weighted by molar-refractivity contribution is -0.219. The fourth-order valence-corrected chi connectivity index (χ4v) is 2.68. The molecule has 1 heterocycles. The minimum atomic E-state index is -0.656. The number of aliphatic hydroxyl groups excluding tert-OH is 1. The van der Waals surface area contributed by atoms with Gasteiger partial charge in [-0.3, -0.25) is 0 Å². The SMILES string of the molecule is C#C[C@@H]1CC[C@H]([C@H](O)COCc2ccc(OC)cc2)[C@@H](OC)O1. The van der Waals surface area contributed by atoms with Gasteiger partial charge in [0, 0.05) is 13.0 Å². The average Bonchev–Trinajstić information content (AvgIpc) is 2.61. The van der Waals surface area contributed by atoms with Gasteiger partial charge in [-0.05, 0) is 30.5 Å². The Bertz CT molecular complexity index is 507. The first-order chi connectivity index (χ1) is 11.2. The molecule has 1 aliphatic rings. The molecule has 0 amide bonds. The van der Waals surface area contributed by atoms with Gasteiger partial charge in [-0.25, -0.2) is 0 Å². The Labute approximate surface area is 137 Å². The van der Waals surface area contributed by atoms with Crippen molar-refractivity contribution < 1.29 is 24.1 Å². The van der Waals surface area contributed by atoms with Crippen LogP contribution in [0.15, 0.2) is 24.3 Å². The van der Waals surface area contributed by atoms with Crippen molar-refractivity contribution in [2.75, 3.05) is 20.8 Å². The Morgan fingerprint density at radius 2 is 2.04 bits per heavy atom. The zero-order chi connectivity index (χ0) is 16.7. The molecule has 0 unspecified atom stereocenters. The monoisotopic (exact) mass is 320 g/mol. The number of hydrogen-bond donors (Lipinski definition) is 1. The summed E-state index contributed by atoms with van der Waals surface area (Å²) in [5.41, 5.74) is 1.02. The zero-order valence-corrected chi connectivity index (χ0v) is 13.6. The number of aliphatic hydroxyl groups is 1. The van der Waals surface area contributed by atoms with Crippen LogP contribution in [0.5, 0.6) is 5.75 Å². The topological polar surface area (TPSA) is 57.2 Å². The van der Waals surface area contributed by atoms with E-state index in [4.69, 9.17) is 25.4 Å². The van der Waals surface area contributed by atoms with Crippen molar-refractivity contribution >= 4 is 0 Å². The van der Waals surface area contributed by atoms with Crippen molar-refractivity contribution in [3.05, 3.63) is 29.8 Å². The number of terminal acetylenes is 1. The highest BCUT2D eigenvalue weighted by atomic mass is 16.7. The third-order valence-electron chi connectivity index (χ3n) is 4.04. The molecule has 23 heavy (non-hydrogen) atoms. The van der Waals surface area contributed by atoms with Crippen LogP contribution in [0, 0.1) is 18.3 Å². The molecular formula is C18H24O5. The van der Waals surface area contributed by atoms with E-state index >= 15 is 0 Å². The number of methoxy groups -OCH3 is 2. The van der Waals surface area contributed by atoms with E-state index in [0.717, 1.165) is 24.2 Å². The van der Waals surface area contributed by atoms with Gasteiger partial charge in [0.2, 0.25) is 0 Å². The number of hydrogen-bond acceptors (Lipinski definition) is 5. The summed E-state index contributed by atoms with van der Waals surface area (Å²) < 4.78 is 21.6. The molecule has 1 N–H and O–H groups in total. The summed E-state index contributed by atoms with van der Waals surface area (Å²) in [5, 5.41) is 10.3. The fraction of sp³-hybridized carbons (Fsp3) is 0.556. The molecule has 1 fully saturated rings. The molecule has 5 heteroatoms. The Kier molecular flexibility index (Phi) is 6.87. The van der Waals surface area contributed by atoms with Gasteiger partial charge in [0.05, 0.1) is 26.4 Å². The van der Waals surface area contributed by atoms with Crippen molar-refractivity contribution in [1.29, 1.82) is 0 Å². The molecule has 5 nitrogen and oxygen atoms in total. The third-order valence-corrected chi connectivity index (χ3v) is 4.04. The van der Waals surface area contributed by atoms with Crippen molar-refractivity contribution in [3.8, 4) is 18.1 Å². The van der Waals surface area contributed by atoms with E-state index in [-0.39, 0.29) is 18.6 Å². The van der Waals surface area contributed by atoms with Gasteiger partial charge in [0.1, 0.15) is 11.9 Å². The summed E-state index contributed by atoms with van der Waals surface area (Å²) in [6.07, 6.45) is 5.45. The van der Waals surface area contributed by atoms with Crippen molar-refractivity contribution in [3.63, 3.8) is 0 Å². The van der Waals surface area contributed by atoms with Crippen LogP contribution in [0.3, 0.4) is 0 Å². The maximum absolute atomic E-state index is 10.3. The molecule has 1 saturated heterocycles. The summed E-state index contributed by atoms with van der Waals surface area (Å²) in [7, 11) is 3.19. The summed E-state index contributed by atoms with van der Waals surface area (Å²) >= 11 is 0. The van der Waals surface area contributed by atoms with E-state index in [1.54, 1.807) is 14.2 Å². The molecule has 0 radical (unpaired) electrons. The highest BCUT2D eigenvalue weighted by molar-refractivity contribution is 5.26. The van der Waals surface area contributed by atoms with Gasteiger partial charge in [0.25, 0.3) is 0 Å². The molecule has 2 rings (SSSR count). The second-order valence-corrected chi connectivity index (χ2v) is 5.57. The summed E-state index contributed by atoms with van der Waals surface area (Å²) in [4.78, 5) is 0. The summed E-state index contributed by atoms with van der Waals surface area (Å²) in [5.74, 6) is 3.24. The van der Waals surface area contributed by atoms with Gasteiger partial charge in [-0.2, -0.15) is 0 Å². The first-order valence-electron chi connectivity index (χ1n) is 7.71. The average molecular weight is 320 g/mol. The Morgan fingerprint density at radius 3 is 2.65 bits per heavy atom. The predicted molar refractivity (Wildman–Crippen MR) is 85.9 cm³/mol. The maximum Gasteiger partial charge on any atom is 0.164 e. The van der Waals surface area contributed by atoms with Gasteiger partial charge in [-0.1, -0.05) is 18.1 Å². The predicted octanol–water partition coefficient (Wildman–Crippen LogP) is 1.97. The summed E-state index contributed by atoms with van der Waals surface area (Å²) in [6.45, 7) is 0.653. The van der Waals surface area contributed by atoms with Gasteiger partial charge in [0.15, 0.2) is 6.29 Å². The van der Waals surface area contributed by atoms with Crippen LogP contribution in [-0.4, -0.2) is 44.4 Å².